The molecule has 11 heteroatoms. The number of rotatable bonds is 6. The van der Waals surface area contributed by atoms with Crippen molar-refractivity contribution in [3.05, 3.63) is 64.0 Å². The first-order chi connectivity index (χ1) is 15.5. The summed E-state index contributed by atoms with van der Waals surface area (Å²) in [6.07, 6.45) is -4.76. The Bertz CT molecular complexity index is 1360. The Kier molecular flexibility index (Phi) is 5.83. The molecule has 6 nitrogen and oxygen atoms in total. The lowest BCUT2D eigenvalue weighted by Gasteiger charge is -2.08. The fourth-order valence-corrected chi connectivity index (χ4v) is 4.34. The van der Waals surface area contributed by atoms with E-state index in [0.717, 1.165) is 16.3 Å². The van der Waals surface area contributed by atoms with E-state index in [1.807, 2.05) is 0 Å². The molecule has 4 aromatic rings. The molecule has 0 radical (unpaired) electrons. The van der Waals surface area contributed by atoms with Crippen molar-refractivity contribution in [2.24, 2.45) is 0 Å². The summed E-state index contributed by atoms with van der Waals surface area (Å²) < 4.78 is 59.6. The van der Waals surface area contributed by atoms with Crippen LogP contribution in [-0.4, -0.2) is 25.8 Å². The normalized spacial score (nSPS) is 11.8. The van der Waals surface area contributed by atoms with Gasteiger partial charge in [0.25, 0.3) is 0 Å². The fourth-order valence-electron chi connectivity index (χ4n) is 3.37. The second-order valence-electron chi connectivity index (χ2n) is 7.32. The van der Waals surface area contributed by atoms with Gasteiger partial charge in [-0.3, -0.25) is 9.48 Å². The van der Waals surface area contributed by atoms with Gasteiger partial charge >= 0.3 is 12.1 Å². The number of aliphatic carboxylic acids is 1. The Morgan fingerprint density at radius 2 is 1.91 bits per heavy atom. The largest absolute Gasteiger partial charge is 0.488 e. The number of thiazole rings is 1. The van der Waals surface area contributed by atoms with Crippen molar-refractivity contribution in [3.8, 4) is 16.3 Å². The maximum absolute atomic E-state index is 13.9. The number of aromatic nitrogens is 3. The topological polar surface area (TPSA) is 77.2 Å². The molecule has 0 spiro atoms. The van der Waals surface area contributed by atoms with E-state index in [2.05, 4.69) is 10.1 Å². The average Bonchev–Trinajstić information content (AvgIpc) is 3.24. The summed E-state index contributed by atoms with van der Waals surface area (Å²) in [6, 6.07) is 7.92. The van der Waals surface area contributed by atoms with Crippen LogP contribution in [0.15, 0.2) is 36.4 Å². The number of nitrogens with zero attached hydrogens (tertiary/aromatic N) is 3. The highest BCUT2D eigenvalue weighted by Crippen LogP contribution is 2.35. The predicted molar refractivity (Wildman–Crippen MR) is 114 cm³/mol. The highest BCUT2D eigenvalue weighted by Gasteiger charge is 2.34. The van der Waals surface area contributed by atoms with Crippen LogP contribution in [0.2, 0.25) is 0 Å². The molecule has 1 N–H and O–H groups in total. The summed E-state index contributed by atoms with van der Waals surface area (Å²) in [4.78, 5) is 16.1. The summed E-state index contributed by atoms with van der Waals surface area (Å²) in [5.74, 6) is -1.81. The van der Waals surface area contributed by atoms with Gasteiger partial charge in [-0.05, 0) is 44.2 Å². The molecule has 172 valence electrons. The van der Waals surface area contributed by atoms with Gasteiger partial charge in [0.05, 0.1) is 27.3 Å². The van der Waals surface area contributed by atoms with Gasteiger partial charge in [0, 0.05) is 10.9 Å². The minimum Gasteiger partial charge on any atom is -0.488 e. The van der Waals surface area contributed by atoms with E-state index < -0.39 is 23.5 Å². The van der Waals surface area contributed by atoms with E-state index in [4.69, 9.17) is 9.84 Å². The summed E-state index contributed by atoms with van der Waals surface area (Å²) >= 11 is 1.21. The van der Waals surface area contributed by atoms with Crippen molar-refractivity contribution in [1.82, 2.24) is 14.8 Å². The molecule has 0 aliphatic carbocycles. The molecule has 33 heavy (non-hydrogen) atoms. The van der Waals surface area contributed by atoms with Crippen LogP contribution in [0.1, 0.15) is 21.8 Å². The number of hydrogen-bond acceptors (Lipinski definition) is 5. The van der Waals surface area contributed by atoms with Gasteiger partial charge < -0.3 is 9.84 Å². The number of aryl methyl sites for hydroxylation is 2. The van der Waals surface area contributed by atoms with Crippen molar-refractivity contribution in [2.45, 2.75) is 33.2 Å². The molecule has 0 aliphatic rings. The Hall–Kier alpha value is -3.47. The Morgan fingerprint density at radius 1 is 1.15 bits per heavy atom. The van der Waals surface area contributed by atoms with E-state index in [0.29, 0.717) is 33.7 Å². The number of ether oxygens (including phenoxy) is 1. The number of benzene rings is 2. The molecule has 0 aliphatic heterocycles. The molecule has 0 unspecified atom stereocenters. The molecule has 2 aromatic carbocycles. The molecule has 0 saturated heterocycles. The highest BCUT2D eigenvalue weighted by molar-refractivity contribution is 7.15. The van der Waals surface area contributed by atoms with Crippen molar-refractivity contribution in [2.75, 3.05) is 0 Å². The molecule has 4 rings (SSSR count). The monoisotopic (exact) mass is 479 g/mol. The van der Waals surface area contributed by atoms with E-state index >= 15 is 0 Å². The van der Waals surface area contributed by atoms with Gasteiger partial charge in [-0.2, -0.15) is 18.3 Å². The molecular weight excluding hydrogens is 462 g/mol. The maximum atomic E-state index is 13.9. The first-order valence-corrected chi connectivity index (χ1v) is 10.5. The zero-order valence-electron chi connectivity index (χ0n) is 17.4. The van der Waals surface area contributed by atoms with Crippen LogP contribution in [0.3, 0.4) is 0 Å². The van der Waals surface area contributed by atoms with Crippen LogP contribution in [0.25, 0.3) is 21.5 Å². The Balaban J connectivity index is 1.53. The standard InChI is InChI=1S/C22H17F4N3O3S/c1-11-15-8-14(4-6-18(15)29(28-11)9-20(30)31)32-10-19-12(2)27-21(33-19)13-3-5-16(17(23)7-13)22(24,25)26/h3-8H,9-10H2,1-2H3,(H,30,31). The molecule has 0 fully saturated rings. The first kappa shape index (κ1) is 22.7. The number of carbonyl (C=O) groups is 1. The third kappa shape index (κ3) is 4.68. The van der Waals surface area contributed by atoms with Gasteiger partial charge in [-0.25, -0.2) is 9.37 Å². The minimum absolute atomic E-state index is 0.153. The minimum atomic E-state index is -4.76. The van der Waals surface area contributed by atoms with Crippen molar-refractivity contribution in [3.63, 3.8) is 0 Å². The fraction of sp³-hybridized carbons (Fsp3) is 0.227. The number of carboxylic acid groups (broad SMARTS) is 1. The van der Waals surface area contributed by atoms with Gasteiger partial charge in [0.2, 0.25) is 0 Å². The van der Waals surface area contributed by atoms with E-state index in [1.165, 1.54) is 22.1 Å². The molecule has 2 heterocycles. The number of hydrogen-bond donors (Lipinski definition) is 1. The summed E-state index contributed by atoms with van der Waals surface area (Å²) in [7, 11) is 0. The smallest absolute Gasteiger partial charge is 0.419 e. The van der Waals surface area contributed by atoms with E-state index in [1.54, 1.807) is 32.0 Å². The second-order valence-corrected chi connectivity index (χ2v) is 8.41. The Morgan fingerprint density at radius 3 is 2.58 bits per heavy atom. The zero-order valence-corrected chi connectivity index (χ0v) is 18.2. The van der Waals surface area contributed by atoms with Crippen LogP contribution < -0.4 is 4.74 Å². The third-order valence-corrected chi connectivity index (χ3v) is 6.16. The summed E-state index contributed by atoms with van der Waals surface area (Å²) in [5.41, 5.74) is 0.894. The molecule has 0 amide bonds. The third-order valence-electron chi connectivity index (χ3n) is 4.98. The zero-order chi connectivity index (χ0) is 23.9. The highest BCUT2D eigenvalue weighted by atomic mass is 32.1. The van der Waals surface area contributed by atoms with Crippen LogP contribution in [0.5, 0.6) is 5.75 Å². The van der Waals surface area contributed by atoms with Gasteiger partial charge in [-0.15, -0.1) is 11.3 Å². The molecule has 2 aromatic heterocycles. The molecule has 0 bridgehead atoms. The number of halogens is 4. The SMILES string of the molecule is Cc1nc(-c2ccc(C(F)(F)F)c(F)c2)sc1COc1ccc2c(c1)c(C)nn2CC(=O)O. The summed E-state index contributed by atoms with van der Waals surface area (Å²) in [5, 5.41) is 14.4. The lowest BCUT2D eigenvalue weighted by Crippen LogP contribution is -2.09. The quantitative estimate of drug-likeness (QED) is 0.365. The average molecular weight is 479 g/mol. The van der Waals surface area contributed by atoms with Crippen LogP contribution in [0, 0.1) is 19.7 Å². The van der Waals surface area contributed by atoms with Crippen molar-refractivity contribution >= 4 is 28.2 Å². The maximum Gasteiger partial charge on any atom is 0.419 e. The molecule has 0 atom stereocenters. The van der Waals surface area contributed by atoms with Crippen molar-refractivity contribution in [1.29, 1.82) is 0 Å². The lowest BCUT2D eigenvalue weighted by molar-refractivity contribution is -0.140. The van der Waals surface area contributed by atoms with Gasteiger partial charge in [-0.1, -0.05) is 6.07 Å². The van der Waals surface area contributed by atoms with Crippen molar-refractivity contribution < 1.29 is 32.2 Å². The van der Waals surface area contributed by atoms with Gasteiger partial charge in [0.15, 0.2) is 0 Å². The Labute approximate surface area is 189 Å². The lowest BCUT2D eigenvalue weighted by atomic mass is 10.1. The number of fused-ring (bicyclic) bond motifs is 1. The number of carboxylic acids is 1. The van der Waals surface area contributed by atoms with E-state index in [-0.39, 0.29) is 18.7 Å². The molecule has 0 saturated carbocycles. The van der Waals surface area contributed by atoms with E-state index in [9.17, 15) is 22.4 Å². The van der Waals surface area contributed by atoms with Gasteiger partial charge in [0.1, 0.15) is 29.7 Å². The number of alkyl halides is 3. The van der Waals surface area contributed by atoms with Crippen LogP contribution >= 0.6 is 11.3 Å². The first-order valence-electron chi connectivity index (χ1n) is 9.68. The predicted octanol–water partition coefficient (Wildman–Crippen LogP) is 5.60. The van der Waals surface area contributed by atoms with Crippen LogP contribution in [-0.2, 0) is 24.1 Å². The summed E-state index contributed by atoms with van der Waals surface area (Å²) in [6.45, 7) is 3.41. The second kappa shape index (κ2) is 8.47. The van der Waals surface area contributed by atoms with Crippen LogP contribution in [0.4, 0.5) is 17.6 Å². The molecular formula is C22H17F4N3O3S.